The van der Waals surface area contributed by atoms with Crippen LogP contribution in [0.4, 0.5) is 0 Å². The van der Waals surface area contributed by atoms with Crippen LogP contribution in [0.5, 0.6) is 0 Å². The number of carboxylic acid groups (broad SMARTS) is 1. The van der Waals surface area contributed by atoms with Gasteiger partial charge < -0.3 is 9.84 Å². The quantitative estimate of drug-likeness (QED) is 0.359. The molecule has 1 saturated carbocycles. The molecule has 6 unspecified atom stereocenters. The van der Waals surface area contributed by atoms with Crippen molar-refractivity contribution in [1.29, 1.82) is 0 Å². The van der Waals surface area contributed by atoms with Gasteiger partial charge in [0.2, 0.25) is 0 Å². The van der Waals surface area contributed by atoms with Gasteiger partial charge in [0.1, 0.15) is 0 Å². The van der Waals surface area contributed by atoms with Gasteiger partial charge in [0.25, 0.3) is 0 Å². The lowest BCUT2D eigenvalue weighted by Crippen LogP contribution is -2.40. The summed E-state index contributed by atoms with van der Waals surface area (Å²) >= 11 is 0. The highest BCUT2D eigenvalue weighted by Gasteiger charge is 2.41. The maximum atomic E-state index is 11.0. The van der Waals surface area contributed by atoms with Gasteiger partial charge in [-0.3, -0.25) is 4.79 Å². The van der Waals surface area contributed by atoms with Crippen molar-refractivity contribution in [3.63, 3.8) is 0 Å². The number of fused-ring (bicyclic) bond motifs is 1. The molecule has 0 aliphatic heterocycles. The van der Waals surface area contributed by atoms with E-state index in [0.717, 1.165) is 18.9 Å². The Hall–Kier alpha value is -1.84. The molecule has 2 aliphatic rings. The molecule has 0 amide bonds. The second-order valence-electron chi connectivity index (χ2n) is 7.26. The number of carboxylic acids is 1. The minimum atomic E-state index is -0.923. The van der Waals surface area contributed by atoms with Crippen LogP contribution in [0.25, 0.3) is 0 Å². The van der Waals surface area contributed by atoms with E-state index in [4.69, 9.17) is 9.84 Å². The van der Waals surface area contributed by atoms with Crippen LogP contribution >= 0.6 is 0 Å². The van der Waals surface area contributed by atoms with Crippen molar-refractivity contribution in [3.05, 3.63) is 36.5 Å². The van der Waals surface area contributed by atoms with Gasteiger partial charge in [0.05, 0.1) is 6.61 Å². The molecule has 0 bridgehead atoms. The van der Waals surface area contributed by atoms with Gasteiger partial charge in [-0.1, -0.05) is 44.2 Å². The largest absolute Gasteiger partial charge is 0.478 e. The fourth-order valence-electron chi connectivity index (χ4n) is 4.42. The molecule has 1 fully saturated rings. The highest BCUT2D eigenvalue weighted by molar-refractivity contribution is 5.80. The molecule has 0 spiro atoms. The third kappa shape index (κ3) is 4.83. The summed E-state index contributed by atoms with van der Waals surface area (Å²) in [6.45, 7) is 6.49. The first-order valence-electron chi connectivity index (χ1n) is 8.78. The van der Waals surface area contributed by atoms with Crippen molar-refractivity contribution in [1.82, 2.24) is 0 Å². The van der Waals surface area contributed by atoms with Crippen molar-refractivity contribution in [2.75, 3.05) is 6.61 Å². The van der Waals surface area contributed by atoms with E-state index >= 15 is 0 Å². The first-order chi connectivity index (χ1) is 11.4. The third-order valence-corrected chi connectivity index (χ3v) is 5.38. The van der Waals surface area contributed by atoms with Gasteiger partial charge in [-0.2, -0.15) is 0 Å². The SMILES string of the molecule is CC(=O)OCC1CC(C)C2C(C=CC(C)C2C=CC=CC(=O)O)C1. The van der Waals surface area contributed by atoms with E-state index in [0.29, 0.717) is 42.1 Å². The monoisotopic (exact) mass is 332 g/mol. The zero-order valence-electron chi connectivity index (χ0n) is 14.7. The molecule has 6 atom stereocenters. The Morgan fingerprint density at radius 3 is 2.62 bits per heavy atom. The number of carbonyl (C=O) groups excluding carboxylic acids is 1. The summed E-state index contributed by atoms with van der Waals surface area (Å²) < 4.78 is 5.22. The van der Waals surface area contributed by atoms with E-state index in [1.165, 1.54) is 6.92 Å². The fraction of sp³-hybridized carbons (Fsp3) is 0.600. The van der Waals surface area contributed by atoms with Gasteiger partial charge in [-0.25, -0.2) is 4.79 Å². The molecule has 24 heavy (non-hydrogen) atoms. The molecule has 132 valence electrons. The average molecular weight is 332 g/mol. The highest BCUT2D eigenvalue weighted by Crippen LogP contribution is 2.48. The Balaban J connectivity index is 2.07. The van der Waals surface area contributed by atoms with Crippen molar-refractivity contribution >= 4 is 11.9 Å². The van der Waals surface area contributed by atoms with E-state index in [1.807, 2.05) is 6.08 Å². The van der Waals surface area contributed by atoms with Crippen LogP contribution in [0.3, 0.4) is 0 Å². The van der Waals surface area contributed by atoms with Gasteiger partial charge in [0.15, 0.2) is 0 Å². The van der Waals surface area contributed by atoms with Crippen LogP contribution in [0.2, 0.25) is 0 Å². The summed E-state index contributed by atoms with van der Waals surface area (Å²) in [7, 11) is 0. The van der Waals surface area contributed by atoms with Crippen LogP contribution < -0.4 is 0 Å². The summed E-state index contributed by atoms with van der Waals surface area (Å²) in [5.74, 6) is 1.79. The van der Waals surface area contributed by atoms with E-state index in [2.05, 4.69) is 32.1 Å². The van der Waals surface area contributed by atoms with E-state index in [9.17, 15) is 9.59 Å². The van der Waals surface area contributed by atoms with Gasteiger partial charge in [0, 0.05) is 13.0 Å². The van der Waals surface area contributed by atoms with Crippen LogP contribution in [-0.4, -0.2) is 23.7 Å². The number of rotatable bonds is 5. The van der Waals surface area contributed by atoms with Crippen molar-refractivity contribution < 1.29 is 19.4 Å². The van der Waals surface area contributed by atoms with Crippen molar-refractivity contribution in [2.24, 2.45) is 35.5 Å². The molecule has 0 saturated heterocycles. The lowest BCUT2D eigenvalue weighted by atomic mass is 9.59. The molecule has 0 aromatic heterocycles. The fourth-order valence-corrected chi connectivity index (χ4v) is 4.42. The smallest absolute Gasteiger partial charge is 0.328 e. The van der Waals surface area contributed by atoms with Crippen LogP contribution in [-0.2, 0) is 14.3 Å². The Morgan fingerprint density at radius 2 is 1.96 bits per heavy atom. The Kier molecular flexibility index (Phi) is 6.41. The van der Waals surface area contributed by atoms with Gasteiger partial charge in [-0.05, 0) is 48.3 Å². The minimum Gasteiger partial charge on any atom is -0.478 e. The molecule has 1 N–H and O–H groups in total. The second kappa shape index (κ2) is 8.32. The summed E-state index contributed by atoms with van der Waals surface area (Å²) in [4.78, 5) is 21.6. The molecule has 0 radical (unpaired) electrons. The lowest BCUT2D eigenvalue weighted by Gasteiger charge is -2.46. The number of hydrogen-bond donors (Lipinski definition) is 1. The molecule has 4 nitrogen and oxygen atoms in total. The molecular formula is C20H28O4. The molecule has 0 heterocycles. The first-order valence-corrected chi connectivity index (χ1v) is 8.78. The topological polar surface area (TPSA) is 63.6 Å². The van der Waals surface area contributed by atoms with Gasteiger partial charge >= 0.3 is 11.9 Å². The van der Waals surface area contributed by atoms with E-state index in [1.54, 1.807) is 6.08 Å². The lowest BCUT2D eigenvalue weighted by molar-refractivity contribution is -0.143. The molecule has 2 rings (SSSR count). The van der Waals surface area contributed by atoms with Crippen molar-refractivity contribution in [3.8, 4) is 0 Å². The second-order valence-corrected chi connectivity index (χ2v) is 7.26. The molecule has 2 aliphatic carbocycles. The zero-order chi connectivity index (χ0) is 17.7. The predicted octanol–water partition coefficient (Wildman–Crippen LogP) is 3.85. The van der Waals surface area contributed by atoms with Gasteiger partial charge in [-0.15, -0.1) is 0 Å². The zero-order valence-corrected chi connectivity index (χ0v) is 14.7. The molecular weight excluding hydrogens is 304 g/mol. The number of carbonyl (C=O) groups is 2. The van der Waals surface area contributed by atoms with Crippen LogP contribution in [0, 0.1) is 35.5 Å². The number of hydrogen-bond acceptors (Lipinski definition) is 3. The Bertz CT molecular complexity index is 546. The van der Waals surface area contributed by atoms with Crippen LogP contribution in [0.1, 0.15) is 33.6 Å². The third-order valence-electron chi connectivity index (χ3n) is 5.38. The maximum absolute atomic E-state index is 11.0. The first kappa shape index (κ1) is 18.5. The van der Waals surface area contributed by atoms with Crippen LogP contribution in [0.15, 0.2) is 36.5 Å². The normalized spacial score (nSPS) is 36.0. The number of aliphatic carboxylic acids is 1. The molecule has 0 aromatic rings. The van der Waals surface area contributed by atoms with Crippen molar-refractivity contribution in [2.45, 2.75) is 33.6 Å². The number of allylic oxidation sites excluding steroid dienone is 5. The molecule has 4 heteroatoms. The summed E-state index contributed by atoms with van der Waals surface area (Å²) in [6, 6.07) is 0. The summed E-state index contributed by atoms with van der Waals surface area (Å²) in [6.07, 6.45) is 13.5. The highest BCUT2D eigenvalue weighted by atomic mass is 16.5. The Labute approximate surface area is 144 Å². The summed E-state index contributed by atoms with van der Waals surface area (Å²) in [5, 5.41) is 8.68. The number of esters is 1. The number of ether oxygens (including phenoxy) is 1. The molecule has 0 aromatic carbocycles. The average Bonchev–Trinajstić information content (AvgIpc) is 2.51. The predicted molar refractivity (Wildman–Crippen MR) is 93.2 cm³/mol. The van der Waals surface area contributed by atoms with E-state index < -0.39 is 5.97 Å². The Morgan fingerprint density at radius 1 is 1.21 bits per heavy atom. The maximum Gasteiger partial charge on any atom is 0.328 e. The van der Waals surface area contributed by atoms with E-state index in [-0.39, 0.29) is 5.97 Å². The summed E-state index contributed by atoms with van der Waals surface area (Å²) in [5.41, 5.74) is 0. The standard InChI is InChI=1S/C20H28O4/c1-13-8-9-17-11-16(12-24-15(3)21)10-14(2)20(17)18(13)6-4-5-7-19(22)23/h4-9,13-14,16-18,20H,10-12H2,1-3H3,(H,22,23). The minimum absolute atomic E-state index is 0.205.